The first-order valence-corrected chi connectivity index (χ1v) is 7.35. The fraction of sp³-hybridized carbons (Fsp3) is 0.214. The predicted octanol–water partition coefficient (Wildman–Crippen LogP) is 2.14. The molecule has 0 aliphatic heterocycles. The average molecular weight is 301 g/mol. The Kier molecular flexibility index (Phi) is 3.57. The lowest BCUT2D eigenvalue weighted by Gasteiger charge is -2.13. The number of thiophene rings is 1. The summed E-state index contributed by atoms with van der Waals surface area (Å²) >= 11 is 1.61. The van der Waals surface area contributed by atoms with E-state index in [-0.39, 0.29) is 5.91 Å². The molecule has 108 valence electrons. The molecule has 0 aliphatic rings. The molecule has 0 atom stereocenters. The molecule has 3 rings (SSSR count). The van der Waals surface area contributed by atoms with Crippen LogP contribution in [0.25, 0.3) is 10.6 Å². The zero-order valence-corrected chi connectivity index (χ0v) is 12.6. The summed E-state index contributed by atoms with van der Waals surface area (Å²) in [5, 5.41) is 13.3. The van der Waals surface area contributed by atoms with Crippen LogP contribution in [0.3, 0.4) is 0 Å². The van der Waals surface area contributed by atoms with Crippen molar-refractivity contribution in [3.8, 4) is 10.6 Å². The molecule has 0 saturated heterocycles. The van der Waals surface area contributed by atoms with Gasteiger partial charge in [0, 0.05) is 20.3 Å². The van der Waals surface area contributed by atoms with E-state index in [4.69, 9.17) is 0 Å². The maximum atomic E-state index is 12.4. The lowest BCUT2D eigenvalue weighted by atomic mass is 10.3. The lowest BCUT2D eigenvalue weighted by molar-refractivity contribution is 0.0777. The minimum atomic E-state index is -0.125. The number of H-pyrrole nitrogens is 1. The SMILES string of the molecule is CN(Cc1ccn(C)n1)C(=O)c1cc(-c2cccs2)[nH]n1. The molecule has 0 fully saturated rings. The van der Waals surface area contributed by atoms with Gasteiger partial charge in [-0.2, -0.15) is 10.2 Å². The van der Waals surface area contributed by atoms with Gasteiger partial charge in [-0.3, -0.25) is 14.6 Å². The van der Waals surface area contributed by atoms with Crippen molar-refractivity contribution in [3.05, 3.63) is 47.2 Å². The number of hydrogen-bond donors (Lipinski definition) is 1. The summed E-state index contributed by atoms with van der Waals surface area (Å²) in [6, 6.07) is 7.63. The molecule has 0 spiro atoms. The van der Waals surface area contributed by atoms with Crippen LogP contribution in [0.5, 0.6) is 0 Å². The monoisotopic (exact) mass is 301 g/mol. The van der Waals surface area contributed by atoms with Crippen LogP contribution in [-0.4, -0.2) is 37.8 Å². The van der Waals surface area contributed by atoms with Crippen LogP contribution in [0, 0.1) is 0 Å². The van der Waals surface area contributed by atoms with Gasteiger partial charge in [-0.1, -0.05) is 6.07 Å². The summed E-state index contributed by atoms with van der Waals surface area (Å²) in [5.41, 5.74) is 2.12. The molecule has 0 bridgehead atoms. The van der Waals surface area contributed by atoms with Crippen molar-refractivity contribution in [2.75, 3.05) is 7.05 Å². The molecule has 3 aromatic heterocycles. The van der Waals surface area contributed by atoms with Gasteiger partial charge in [0.25, 0.3) is 5.91 Å². The zero-order valence-electron chi connectivity index (χ0n) is 11.8. The van der Waals surface area contributed by atoms with Crippen molar-refractivity contribution < 1.29 is 4.79 Å². The minimum absolute atomic E-state index is 0.125. The van der Waals surface area contributed by atoms with E-state index < -0.39 is 0 Å². The summed E-state index contributed by atoms with van der Waals surface area (Å²) in [4.78, 5) is 15.0. The van der Waals surface area contributed by atoms with E-state index >= 15 is 0 Å². The fourth-order valence-corrected chi connectivity index (χ4v) is 2.74. The van der Waals surface area contributed by atoms with E-state index in [9.17, 15) is 4.79 Å². The summed E-state index contributed by atoms with van der Waals surface area (Å²) < 4.78 is 1.72. The fourth-order valence-electron chi connectivity index (χ4n) is 2.05. The molecule has 3 aromatic rings. The number of amides is 1. The van der Waals surface area contributed by atoms with Gasteiger partial charge in [0.15, 0.2) is 5.69 Å². The number of aromatic nitrogens is 4. The van der Waals surface area contributed by atoms with Crippen LogP contribution in [-0.2, 0) is 13.6 Å². The number of rotatable bonds is 4. The molecule has 0 saturated carbocycles. The number of carbonyl (C=O) groups excluding carboxylic acids is 1. The molecule has 21 heavy (non-hydrogen) atoms. The van der Waals surface area contributed by atoms with E-state index in [0.717, 1.165) is 16.3 Å². The molecule has 3 heterocycles. The number of carbonyl (C=O) groups is 1. The highest BCUT2D eigenvalue weighted by Crippen LogP contribution is 2.23. The highest BCUT2D eigenvalue weighted by atomic mass is 32.1. The van der Waals surface area contributed by atoms with E-state index in [1.807, 2.05) is 36.8 Å². The Balaban J connectivity index is 1.72. The van der Waals surface area contributed by atoms with Crippen molar-refractivity contribution in [2.24, 2.45) is 7.05 Å². The Morgan fingerprint density at radius 1 is 1.48 bits per heavy atom. The van der Waals surface area contributed by atoms with Gasteiger partial charge in [-0.15, -0.1) is 11.3 Å². The number of aromatic amines is 1. The molecule has 7 heteroatoms. The second-order valence-corrected chi connectivity index (χ2v) is 5.73. The summed E-state index contributed by atoms with van der Waals surface area (Å²) in [7, 11) is 3.60. The number of aryl methyl sites for hydroxylation is 1. The number of hydrogen-bond acceptors (Lipinski definition) is 4. The molecular weight excluding hydrogens is 286 g/mol. The lowest BCUT2D eigenvalue weighted by Crippen LogP contribution is -2.26. The Labute approximate surface area is 126 Å². The summed E-state index contributed by atoms with van der Waals surface area (Å²) in [6.07, 6.45) is 1.86. The molecule has 1 amide bonds. The second kappa shape index (κ2) is 5.53. The zero-order chi connectivity index (χ0) is 14.8. The Morgan fingerprint density at radius 2 is 2.33 bits per heavy atom. The molecule has 0 unspecified atom stereocenters. The van der Waals surface area contributed by atoms with Crippen molar-refractivity contribution in [2.45, 2.75) is 6.54 Å². The number of nitrogens with one attached hydrogen (secondary N) is 1. The third-order valence-corrected chi connectivity index (χ3v) is 4.00. The topological polar surface area (TPSA) is 66.8 Å². The van der Waals surface area contributed by atoms with Crippen molar-refractivity contribution in [1.29, 1.82) is 0 Å². The van der Waals surface area contributed by atoms with E-state index in [1.54, 1.807) is 34.0 Å². The van der Waals surface area contributed by atoms with E-state index in [0.29, 0.717) is 12.2 Å². The number of nitrogens with zero attached hydrogens (tertiary/aromatic N) is 4. The maximum absolute atomic E-state index is 12.4. The predicted molar refractivity (Wildman–Crippen MR) is 80.9 cm³/mol. The Hall–Kier alpha value is -2.41. The van der Waals surface area contributed by atoms with Crippen LogP contribution >= 0.6 is 11.3 Å². The van der Waals surface area contributed by atoms with Gasteiger partial charge in [-0.05, 0) is 23.6 Å². The first-order chi connectivity index (χ1) is 10.1. The van der Waals surface area contributed by atoms with Crippen LogP contribution in [0.15, 0.2) is 35.8 Å². The molecule has 6 nitrogen and oxygen atoms in total. The standard InChI is InChI=1S/C14H15N5OS/c1-18(9-10-5-6-19(2)17-10)14(20)12-8-11(15-16-12)13-4-3-7-21-13/h3-8H,9H2,1-2H3,(H,15,16). The van der Waals surface area contributed by atoms with Crippen LogP contribution in [0.2, 0.25) is 0 Å². The van der Waals surface area contributed by atoms with Gasteiger partial charge < -0.3 is 4.90 Å². The summed E-state index contributed by atoms with van der Waals surface area (Å²) in [6.45, 7) is 0.459. The third-order valence-electron chi connectivity index (χ3n) is 3.10. The smallest absolute Gasteiger partial charge is 0.274 e. The molecule has 1 N–H and O–H groups in total. The minimum Gasteiger partial charge on any atom is -0.334 e. The van der Waals surface area contributed by atoms with Gasteiger partial charge in [0.2, 0.25) is 0 Å². The highest BCUT2D eigenvalue weighted by Gasteiger charge is 2.17. The van der Waals surface area contributed by atoms with Crippen LogP contribution < -0.4 is 0 Å². The van der Waals surface area contributed by atoms with Crippen molar-refractivity contribution in [1.82, 2.24) is 24.9 Å². The Bertz CT molecular complexity index is 743. The maximum Gasteiger partial charge on any atom is 0.274 e. The first-order valence-electron chi connectivity index (χ1n) is 6.47. The quantitative estimate of drug-likeness (QED) is 0.803. The molecule has 0 radical (unpaired) electrons. The van der Waals surface area contributed by atoms with E-state index in [1.165, 1.54) is 0 Å². The third kappa shape index (κ3) is 2.87. The van der Waals surface area contributed by atoms with Gasteiger partial charge in [0.05, 0.1) is 22.8 Å². The van der Waals surface area contributed by atoms with Crippen molar-refractivity contribution >= 4 is 17.2 Å². The normalized spacial score (nSPS) is 10.8. The molecular formula is C14H15N5OS. The van der Waals surface area contributed by atoms with Crippen molar-refractivity contribution in [3.63, 3.8) is 0 Å². The highest BCUT2D eigenvalue weighted by molar-refractivity contribution is 7.13. The molecule has 0 aliphatic carbocycles. The van der Waals surface area contributed by atoms with E-state index in [2.05, 4.69) is 15.3 Å². The van der Waals surface area contributed by atoms with Crippen LogP contribution in [0.1, 0.15) is 16.2 Å². The Morgan fingerprint density at radius 3 is 3.00 bits per heavy atom. The molecule has 0 aromatic carbocycles. The first kappa shape index (κ1) is 13.6. The largest absolute Gasteiger partial charge is 0.334 e. The van der Waals surface area contributed by atoms with Gasteiger partial charge in [-0.25, -0.2) is 0 Å². The second-order valence-electron chi connectivity index (χ2n) is 4.79. The van der Waals surface area contributed by atoms with Crippen LogP contribution in [0.4, 0.5) is 0 Å². The van der Waals surface area contributed by atoms with Gasteiger partial charge >= 0.3 is 0 Å². The average Bonchev–Trinajstić information content (AvgIpc) is 3.18. The van der Waals surface area contributed by atoms with Gasteiger partial charge in [0.1, 0.15) is 0 Å². The summed E-state index contributed by atoms with van der Waals surface area (Å²) in [5.74, 6) is -0.125.